The van der Waals surface area contributed by atoms with Crippen LogP contribution in [0.25, 0.3) is 0 Å². The minimum absolute atomic E-state index is 0.0140. The minimum atomic E-state index is -0.317. The van der Waals surface area contributed by atoms with Gasteiger partial charge in [0.25, 0.3) is 0 Å². The van der Waals surface area contributed by atoms with E-state index < -0.39 is 0 Å². The largest absolute Gasteiger partial charge is 0.354 e. The third-order valence-corrected chi connectivity index (χ3v) is 3.27. The highest BCUT2D eigenvalue weighted by molar-refractivity contribution is 9.10. The second-order valence-electron chi connectivity index (χ2n) is 3.75. The highest BCUT2D eigenvalue weighted by Gasteiger charge is 2.15. The maximum Gasteiger partial charge on any atom is 0.171 e. The van der Waals surface area contributed by atoms with Crippen molar-refractivity contribution >= 4 is 15.9 Å². The van der Waals surface area contributed by atoms with E-state index >= 15 is 0 Å². The van der Waals surface area contributed by atoms with E-state index in [2.05, 4.69) is 21.2 Å². The van der Waals surface area contributed by atoms with E-state index in [1.54, 1.807) is 20.3 Å². The molecule has 0 spiro atoms. The topological polar surface area (TPSA) is 30.5 Å². The van der Waals surface area contributed by atoms with E-state index in [1.165, 1.54) is 12.1 Å². The highest BCUT2D eigenvalue weighted by Crippen LogP contribution is 2.17. The summed E-state index contributed by atoms with van der Waals surface area (Å²) < 4.78 is 24.2. The van der Waals surface area contributed by atoms with Gasteiger partial charge in [0.2, 0.25) is 0 Å². The van der Waals surface area contributed by atoms with E-state index in [0.717, 1.165) is 10.0 Å². The van der Waals surface area contributed by atoms with Gasteiger partial charge in [0.15, 0.2) is 6.29 Å². The van der Waals surface area contributed by atoms with Gasteiger partial charge in [-0.1, -0.05) is 15.9 Å². The molecule has 1 aromatic rings. The summed E-state index contributed by atoms with van der Waals surface area (Å²) in [5.41, 5.74) is 0.864. The lowest BCUT2D eigenvalue weighted by molar-refractivity contribution is -0.119. The van der Waals surface area contributed by atoms with Crippen molar-refractivity contribution in [1.29, 1.82) is 0 Å². The number of nitrogens with one attached hydrogen (secondary N) is 1. The molecule has 1 unspecified atom stereocenters. The van der Waals surface area contributed by atoms with Gasteiger partial charge in [0, 0.05) is 25.2 Å². The van der Waals surface area contributed by atoms with E-state index in [0.29, 0.717) is 6.54 Å². The molecule has 0 aliphatic rings. The van der Waals surface area contributed by atoms with E-state index in [1.807, 2.05) is 6.92 Å². The maximum absolute atomic E-state index is 13.1. The molecule has 1 N–H and O–H groups in total. The van der Waals surface area contributed by atoms with Crippen molar-refractivity contribution in [2.24, 2.45) is 0 Å². The Morgan fingerprint density at radius 2 is 2.00 bits per heavy atom. The zero-order valence-corrected chi connectivity index (χ0v) is 11.8. The third-order valence-electron chi connectivity index (χ3n) is 2.50. The Kier molecular flexibility index (Phi) is 6.05. The molecule has 0 aromatic heterocycles. The summed E-state index contributed by atoms with van der Waals surface area (Å²) in [6, 6.07) is 4.63. The van der Waals surface area contributed by atoms with Crippen molar-refractivity contribution in [3.8, 4) is 0 Å². The van der Waals surface area contributed by atoms with Gasteiger partial charge in [0.05, 0.1) is 6.04 Å². The van der Waals surface area contributed by atoms with Crippen LogP contribution in [0.1, 0.15) is 12.5 Å². The number of halogens is 2. The van der Waals surface area contributed by atoms with Gasteiger partial charge < -0.3 is 14.8 Å². The average Bonchev–Trinajstić information content (AvgIpc) is 2.32. The van der Waals surface area contributed by atoms with Crippen LogP contribution in [0.3, 0.4) is 0 Å². The fourth-order valence-electron chi connectivity index (χ4n) is 1.55. The quantitative estimate of drug-likeness (QED) is 0.820. The zero-order chi connectivity index (χ0) is 12.8. The molecule has 0 aliphatic heterocycles. The third kappa shape index (κ3) is 4.35. The first-order chi connectivity index (χ1) is 8.08. The molecule has 1 rings (SSSR count). The Bertz CT molecular complexity index is 358. The summed E-state index contributed by atoms with van der Waals surface area (Å²) >= 11 is 3.38. The summed E-state index contributed by atoms with van der Waals surface area (Å²) in [4.78, 5) is 0. The lowest BCUT2D eigenvalue weighted by Crippen LogP contribution is -2.39. The molecule has 0 fully saturated rings. The fourth-order valence-corrected chi connectivity index (χ4v) is 1.94. The van der Waals surface area contributed by atoms with Crippen LogP contribution in [0.15, 0.2) is 22.7 Å². The van der Waals surface area contributed by atoms with E-state index in [9.17, 15) is 4.39 Å². The summed E-state index contributed by atoms with van der Waals surface area (Å²) in [6.45, 7) is 2.49. The SMILES string of the molecule is COC(OC)C(C)NCc1cc(F)ccc1Br. The Balaban J connectivity index is 2.57. The normalized spacial score (nSPS) is 13.1. The molecule has 0 heterocycles. The molecular formula is C12H17BrFNO2. The van der Waals surface area contributed by atoms with E-state index in [4.69, 9.17) is 9.47 Å². The van der Waals surface area contributed by atoms with Crippen LogP contribution in [0, 0.1) is 5.82 Å². The van der Waals surface area contributed by atoms with Gasteiger partial charge in [-0.25, -0.2) is 4.39 Å². The molecule has 17 heavy (non-hydrogen) atoms. The molecule has 0 amide bonds. The standard InChI is InChI=1S/C12H17BrFNO2/c1-8(12(16-2)17-3)15-7-9-6-10(14)4-5-11(9)13/h4-6,8,12,15H,7H2,1-3H3. The molecule has 0 saturated carbocycles. The predicted octanol–water partition coefficient (Wildman–Crippen LogP) is 2.69. The first-order valence-corrected chi connectivity index (χ1v) is 6.10. The lowest BCUT2D eigenvalue weighted by atomic mass is 10.2. The second kappa shape index (κ2) is 7.06. The number of hydrogen-bond donors (Lipinski definition) is 1. The van der Waals surface area contributed by atoms with Gasteiger partial charge in [0.1, 0.15) is 5.82 Å². The first-order valence-electron chi connectivity index (χ1n) is 5.31. The molecular weight excluding hydrogens is 289 g/mol. The molecule has 1 atom stereocenters. The van der Waals surface area contributed by atoms with Crippen molar-refractivity contribution in [2.45, 2.75) is 25.8 Å². The molecule has 0 aliphatic carbocycles. The molecule has 3 nitrogen and oxygen atoms in total. The highest BCUT2D eigenvalue weighted by atomic mass is 79.9. The Hall–Kier alpha value is -0.490. The summed E-state index contributed by atoms with van der Waals surface area (Å²) in [5.74, 6) is -0.243. The summed E-state index contributed by atoms with van der Waals surface area (Å²) in [7, 11) is 3.18. The van der Waals surface area contributed by atoms with Crippen LogP contribution in [0.4, 0.5) is 4.39 Å². The van der Waals surface area contributed by atoms with Crippen LogP contribution < -0.4 is 5.32 Å². The Morgan fingerprint density at radius 1 is 1.35 bits per heavy atom. The van der Waals surface area contributed by atoms with Crippen molar-refractivity contribution in [3.63, 3.8) is 0 Å². The first kappa shape index (κ1) is 14.6. The average molecular weight is 306 g/mol. The monoisotopic (exact) mass is 305 g/mol. The fraction of sp³-hybridized carbons (Fsp3) is 0.500. The van der Waals surface area contributed by atoms with Crippen LogP contribution in [0.2, 0.25) is 0 Å². The molecule has 96 valence electrons. The van der Waals surface area contributed by atoms with Crippen LogP contribution in [-0.2, 0) is 16.0 Å². The van der Waals surface area contributed by atoms with Crippen molar-refractivity contribution in [2.75, 3.05) is 14.2 Å². The minimum Gasteiger partial charge on any atom is -0.354 e. The van der Waals surface area contributed by atoms with Gasteiger partial charge in [-0.05, 0) is 30.7 Å². The van der Waals surface area contributed by atoms with Gasteiger partial charge in [-0.2, -0.15) is 0 Å². The smallest absolute Gasteiger partial charge is 0.171 e. The predicted molar refractivity (Wildman–Crippen MR) is 68.2 cm³/mol. The maximum atomic E-state index is 13.1. The Morgan fingerprint density at radius 3 is 2.59 bits per heavy atom. The number of hydrogen-bond acceptors (Lipinski definition) is 3. The number of benzene rings is 1. The van der Waals surface area contributed by atoms with E-state index in [-0.39, 0.29) is 18.1 Å². The number of ether oxygens (including phenoxy) is 2. The molecule has 0 radical (unpaired) electrons. The molecule has 0 saturated heterocycles. The summed E-state index contributed by atoms with van der Waals surface area (Å²) in [6.07, 6.45) is -0.317. The van der Waals surface area contributed by atoms with Crippen LogP contribution >= 0.6 is 15.9 Å². The van der Waals surface area contributed by atoms with Crippen LogP contribution in [0.5, 0.6) is 0 Å². The van der Waals surface area contributed by atoms with Gasteiger partial charge >= 0.3 is 0 Å². The van der Waals surface area contributed by atoms with Crippen molar-refractivity contribution < 1.29 is 13.9 Å². The lowest BCUT2D eigenvalue weighted by Gasteiger charge is -2.22. The second-order valence-corrected chi connectivity index (χ2v) is 4.60. The Labute approximate surface area is 109 Å². The molecule has 5 heteroatoms. The van der Waals surface area contributed by atoms with Crippen molar-refractivity contribution in [1.82, 2.24) is 5.32 Å². The summed E-state index contributed by atoms with van der Waals surface area (Å²) in [5, 5.41) is 3.22. The molecule has 1 aromatic carbocycles. The molecule has 0 bridgehead atoms. The number of methoxy groups -OCH3 is 2. The van der Waals surface area contributed by atoms with Gasteiger partial charge in [-0.15, -0.1) is 0 Å². The van der Waals surface area contributed by atoms with Gasteiger partial charge in [-0.3, -0.25) is 0 Å². The number of rotatable bonds is 6. The zero-order valence-electron chi connectivity index (χ0n) is 10.2. The van der Waals surface area contributed by atoms with Crippen molar-refractivity contribution in [3.05, 3.63) is 34.1 Å². The van der Waals surface area contributed by atoms with Crippen LogP contribution in [-0.4, -0.2) is 26.6 Å².